The van der Waals surface area contributed by atoms with Crippen molar-refractivity contribution in [1.29, 1.82) is 0 Å². The molecule has 2 aliphatic rings. The Balaban J connectivity index is 1.50. The number of nitrogens with zero attached hydrogens (tertiary/aromatic N) is 1. The summed E-state index contributed by atoms with van der Waals surface area (Å²) < 4.78 is 0. The topological polar surface area (TPSA) is 66.5 Å². The Labute approximate surface area is 176 Å². The lowest BCUT2D eigenvalue weighted by molar-refractivity contribution is -0.136. The van der Waals surface area contributed by atoms with Crippen LogP contribution in [0.4, 0.5) is 0 Å². The number of carbonyl (C=O) groups excluding carboxylic acids is 3. The third kappa shape index (κ3) is 3.73. The first-order valence-corrected chi connectivity index (χ1v) is 11.2. The predicted octanol–water partition coefficient (Wildman–Crippen LogP) is 3.63. The number of rotatable bonds is 5. The Kier molecular flexibility index (Phi) is 5.55. The summed E-state index contributed by atoms with van der Waals surface area (Å²) in [5.74, 6) is 0.0331. The van der Waals surface area contributed by atoms with E-state index in [1.807, 2.05) is 18.2 Å². The molecule has 28 heavy (non-hydrogen) atoms. The molecule has 2 aromatic carbocycles. The first-order valence-electron chi connectivity index (χ1n) is 9.10. The van der Waals surface area contributed by atoms with E-state index in [0.29, 0.717) is 18.5 Å². The van der Waals surface area contributed by atoms with Gasteiger partial charge in [0.15, 0.2) is 0 Å². The van der Waals surface area contributed by atoms with Crippen molar-refractivity contribution in [3.05, 3.63) is 64.7 Å². The maximum atomic E-state index is 12.9. The molecule has 2 heterocycles. The van der Waals surface area contributed by atoms with Gasteiger partial charge in [0, 0.05) is 34.5 Å². The van der Waals surface area contributed by atoms with E-state index in [1.54, 1.807) is 16.7 Å². The summed E-state index contributed by atoms with van der Waals surface area (Å²) in [6.45, 7) is 0.409. The average molecular weight is 459 g/mol. The van der Waals surface area contributed by atoms with E-state index in [4.69, 9.17) is 0 Å². The number of nitrogens with one attached hydrogen (secondary N) is 1. The molecule has 0 spiro atoms. The van der Waals surface area contributed by atoms with Crippen LogP contribution in [0, 0.1) is 0 Å². The van der Waals surface area contributed by atoms with Crippen LogP contribution in [0.3, 0.4) is 0 Å². The van der Waals surface area contributed by atoms with Crippen LogP contribution in [-0.4, -0.2) is 28.7 Å². The SMILES string of the molecule is O=C1CCC(N2Cc3c(SCc4ccc(CBr)cc4)cccc3C2=O)C(=O)N1. The fraction of sp³-hybridized carbons (Fsp3) is 0.286. The second kappa shape index (κ2) is 8.09. The highest BCUT2D eigenvalue weighted by Gasteiger charge is 2.39. The predicted molar refractivity (Wildman–Crippen MR) is 111 cm³/mol. The summed E-state index contributed by atoms with van der Waals surface area (Å²) in [4.78, 5) is 39.1. The second-order valence-corrected chi connectivity index (χ2v) is 8.50. The minimum atomic E-state index is -0.577. The summed E-state index contributed by atoms with van der Waals surface area (Å²) >= 11 is 5.15. The smallest absolute Gasteiger partial charge is 0.255 e. The van der Waals surface area contributed by atoms with Crippen LogP contribution in [0.25, 0.3) is 0 Å². The van der Waals surface area contributed by atoms with Crippen molar-refractivity contribution in [1.82, 2.24) is 10.2 Å². The minimum absolute atomic E-state index is 0.131. The van der Waals surface area contributed by atoms with Crippen molar-refractivity contribution in [2.75, 3.05) is 0 Å². The minimum Gasteiger partial charge on any atom is -0.322 e. The number of imide groups is 1. The molecule has 2 aromatic rings. The summed E-state index contributed by atoms with van der Waals surface area (Å²) in [7, 11) is 0. The van der Waals surface area contributed by atoms with Gasteiger partial charge in [-0.2, -0.15) is 0 Å². The zero-order chi connectivity index (χ0) is 19.7. The van der Waals surface area contributed by atoms with E-state index in [2.05, 4.69) is 45.5 Å². The van der Waals surface area contributed by atoms with Gasteiger partial charge < -0.3 is 4.90 Å². The normalized spacial score (nSPS) is 19.0. The van der Waals surface area contributed by atoms with Gasteiger partial charge in [-0.25, -0.2) is 0 Å². The number of piperidine rings is 1. The molecule has 4 rings (SSSR count). The molecule has 7 heteroatoms. The van der Waals surface area contributed by atoms with Gasteiger partial charge in [-0.15, -0.1) is 11.8 Å². The standard InChI is InChI=1S/C21H19BrN2O3S/c22-10-13-4-6-14(7-5-13)12-28-18-3-1-2-15-16(18)11-24(21(15)27)17-8-9-19(25)23-20(17)26/h1-7,17H,8-12H2,(H,23,25,26). The van der Waals surface area contributed by atoms with Gasteiger partial charge in [0.05, 0.1) is 0 Å². The number of benzene rings is 2. The summed E-state index contributed by atoms with van der Waals surface area (Å²) in [5, 5.41) is 3.18. The lowest BCUT2D eigenvalue weighted by Gasteiger charge is -2.29. The maximum Gasteiger partial charge on any atom is 0.255 e. The van der Waals surface area contributed by atoms with Crippen molar-refractivity contribution >= 4 is 45.4 Å². The third-order valence-electron chi connectivity index (χ3n) is 5.11. The molecule has 0 radical (unpaired) electrons. The molecule has 1 saturated heterocycles. The van der Waals surface area contributed by atoms with Crippen LogP contribution in [-0.2, 0) is 27.2 Å². The van der Waals surface area contributed by atoms with Gasteiger partial charge in [0.25, 0.3) is 5.91 Å². The lowest BCUT2D eigenvalue weighted by Crippen LogP contribution is -2.52. The van der Waals surface area contributed by atoms with Crippen molar-refractivity contribution in [3.8, 4) is 0 Å². The van der Waals surface area contributed by atoms with E-state index < -0.39 is 6.04 Å². The van der Waals surface area contributed by atoms with Gasteiger partial charge in [-0.05, 0) is 35.2 Å². The number of amides is 3. The molecular weight excluding hydrogens is 440 g/mol. The Morgan fingerprint density at radius 2 is 1.82 bits per heavy atom. The van der Waals surface area contributed by atoms with Crippen LogP contribution in [0.15, 0.2) is 47.4 Å². The largest absolute Gasteiger partial charge is 0.322 e. The monoisotopic (exact) mass is 458 g/mol. The zero-order valence-corrected chi connectivity index (χ0v) is 17.5. The molecule has 1 unspecified atom stereocenters. The number of hydrogen-bond donors (Lipinski definition) is 1. The molecule has 0 aliphatic carbocycles. The summed E-state index contributed by atoms with van der Waals surface area (Å²) in [6, 6.07) is 13.6. The van der Waals surface area contributed by atoms with E-state index in [0.717, 1.165) is 21.5 Å². The van der Waals surface area contributed by atoms with Crippen molar-refractivity contribution in [3.63, 3.8) is 0 Å². The Morgan fingerprint density at radius 1 is 1.07 bits per heavy atom. The fourth-order valence-electron chi connectivity index (χ4n) is 3.58. The van der Waals surface area contributed by atoms with Crippen molar-refractivity contribution < 1.29 is 14.4 Å². The first kappa shape index (κ1) is 19.2. The Morgan fingerprint density at radius 3 is 2.54 bits per heavy atom. The number of thioether (sulfide) groups is 1. The molecule has 5 nitrogen and oxygen atoms in total. The highest BCUT2D eigenvalue weighted by atomic mass is 79.9. The molecule has 3 amide bonds. The maximum absolute atomic E-state index is 12.9. The van der Waals surface area contributed by atoms with Crippen LogP contribution in [0.1, 0.15) is 39.9 Å². The third-order valence-corrected chi connectivity index (χ3v) is 6.93. The van der Waals surface area contributed by atoms with E-state index in [-0.39, 0.29) is 24.1 Å². The fourth-order valence-corrected chi connectivity index (χ4v) is 4.99. The summed E-state index contributed by atoms with van der Waals surface area (Å²) in [6.07, 6.45) is 0.648. The van der Waals surface area contributed by atoms with Gasteiger partial charge in [0.2, 0.25) is 11.8 Å². The van der Waals surface area contributed by atoms with Gasteiger partial charge in [-0.3, -0.25) is 19.7 Å². The van der Waals surface area contributed by atoms with E-state index in [9.17, 15) is 14.4 Å². The second-order valence-electron chi connectivity index (χ2n) is 6.92. The van der Waals surface area contributed by atoms with Crippen molar-refractivity contribution in [2.45, 2.75) is 41.4 Å². The number of alkyl halides is 1. The molecule has 0 aromatic heterocycles. The first-order chi connectivity index (χ1) is 13.6. The highest BCUT2D eigenvalue weighted by Crippen LogP contribution is 2.35. The highest BCUT2D eigenvalue weighted by molar-refractivity contribution is 9.08. The zero-order valence-electron chi connectivity index (χ0n) is 15.1. The van der Waals surface area contributed by atoms with E-state index in [1.165, 1.54) is 11.1 Å². The molecule has 0 saturated carbocycles. The van der Waals surface area contributed by atoms with Crippen LogP contribution < -0.4 is 5.32 Å². The molecule has 1 fully saturated rings. The number of carbonyl (C=O) groups is 3. The van der Waals surface area contributed by atoms with Crippen LogP contribution >= 0.6 is 27.7 Å². The quantitative estimate of drug-likeness (QED) is 0.421. The average Bonchev–Trinajstić information content (AvgIpc) is 3.04. The Hall–Kier alpha value is -2.12. The summed E-state index contributed by atoms with van der Waals surface area (Å²) in [5.41, 5.74) is 4.09. The number of hydrogen-bond acceptors (Lipinski definition) is 4. The Bertz CT molecular complexity index is 945. The number of fused-ring (bicyclic) bond motifs is 1. The molecular formula is C21H19BrN2O3S. The molecule has 2 aliphatic heterocycles. The molecule has 1 N–H and O–H groups in total. The lowest BCUT2D eigenvalue weighted by atomic mass is 10.0. The number of halogens is 1. The molecule has 1 atom stereocenters. The van der Waals surface area contributed by atoms with Crippen molar-refractivity contribution in [2.24, 2.45) is 0 Å². The van der Waals surface area contributed by atoms with Gasteiger partial charge >= 0.3 is 0 Å². The van der Waals surface area contributed by atoms with Gasteiger partial charge in [0.1, 0.15) is 6.04 Å². The molecule has 0 bridgehead atoms. The van der Waals surface area contributed by atoms with Crippen LogP contribution in [0.5, 0.6) is 0 Å². The van der Waals surface area contributed by atoms with Crippen LogP contribution in [0.2, 0.25) is 0 Å². The molecule has 144 valence electrons. The van der Waals surface area contributed by atoms with E-state index >= 15 is 0 Å². The van der Waals surface area contributed by atoms with Gasteiger partial charge in [-0.1, -0.05) is 46.3 Å².